The maximum atomic E-state index is 12.7. The van der Waals surface area contributed by atoms with Gasteiger partial charge < -0.3 is 4.90 Å². The highest BCUT2D eigenvalue weighted by Gasteiger charge is 2.28. The van der Waals surface area contributed by atoms with Crippen molar-refractivity contribution in [2.45, 2.75) is 38.6 Å². The van der Waals surface area contributed by atoms with Crippen LogP contribution in [0.3, 0.4) is 0 Å². The number of thiophene rings is 1. The molecular formula is C19H25N3OS2. The molecule has 1 saturated carbocycles. The summed E-state index contributed by atoms with van der Waals surface area (Å²) in [5, 5.41) is 5.43. The molecule has 134 valence electrons. The number of piperazine rings is 1. The fourth-order valence-corrected chi connectivity index (χ4v) is 5.44. The van der Waals surface area contributed by atoms with E-state index < -0.39 is 0 Å². The zero-order valence-corrected chi connectivity index (χ0v) is 16.2. The third-order valence-corrected chi connectivity index (χ3v) is 7.05. The number of nitrogens with zero attached hydrogens (tertiary/aromatic N) is 3. The number of rotatable bonds is 4. The smallest absolute Gasteiger partial charge is 0.225 e. The Bertz CT molecular complexity index is 683. The molecule has 25 heavy (non-hydrogen) atoms. The molecule has 6 heteroatoms. The van der Waals surface area contributed by atoms with Crippen LogP contribution in [-0.4, -0.2) is 46.9 Å². The normalized spacial score (nSPS) is 20.1. The van der Waals surface area contributed by atoms with Gasteiger partial charge in [-0.3, -0.25) is 9.69 Å². The summed E-state index contributed by atoms with van der Waals surface area (Å²) >= 11 is 3.48. The summed E-state index contributed by atoms with van der Waals surface area (Å²) in [6.07, 6.45) is 5.96. The van der Waals surface area contributed by atoms with Gasteiger partial charge in [-0.2, -0.15) is 0 Å². The molecule has 1 saturated heterocycles. The molecule has 2 aromatic heterocycles. The Morgan fingerprint density at radius 2 is 1.92 bits per heavy atom. The van der Waals surface area contributed by atoms with E-state index >= 15 is 0 Å². The lowest BCUT2D eigenvalue weighted by molar-refractivity contribution is -0.138. The van der Waals surface area contributed by atoms with Crippen LogP contribution < -0.4 is 0 Å². The second-order valence-electron chi connectivity index (χ2n) is 7.04. The van der Waals surface area contributed by atoms with Crippen LogP contribution in [0.2, 0.25) is 0 Å². The van der Waals surface area contributed by atoms with Crippen molar-refractivity contribution in [2.24, 2.45) is 5.92 Å². The number of hydrogen-bond donors (Lipinski definition) is 0. The lowest BCUT2D eigenvalue weighted by Crippen LogP contribution is -2.50. The summed E-state index contributed by atoms with van der Waals surface area (Å²) in [5.74, 6) is 0.709. The maximum absolute atomic E-state index is 12.7. The van der Waals surface area contributed by atoms with E-state index in [2.05, 4.69) is 32.7 Å². The zero-order chi connectivity index (χ0) is 17.1. The van der Waals surface area contributed by atoms with Crippen molar-refractivity contribution >= 4 is 28.6 Å². The van der Waals surface area contributed by atoms with E-state index in [1.165, 1.54) is 29.1 Å². The van der Waals surface area contributed by atoms with Crippen LogP contribution in [0, 0.1) is 5.92 Å². The topological polar surface area (TPSA) is 36.4 Å². The van der Waals surface area contributed by atoms with E-state index in [4.69, 9.17) is 4.98 Å². The van der Waals surface area contributed by atoms with Gasteiger partial charge >= 0.3 is 0 Å². The number of carbonyl (C=O) groups is 1. The molecule has 1 amide bonds. The molecular weight excluding hydrogens is 350 g/mol. The Hall–Kier alpha value is -1.24. The Morgan fingerprint density at radius 1 is 1.12 bits per heavy atom. The van der Waals surface area contributed by atoms with Gasteiger partial charge in [-0.05, 0) is 24.3 Å². The molecule has 0 spiro atoms. The first kappa shape index (κ1) is 17.2. The van der Waals surface area contributed by atoms with E-state index in [0.717, 1.165) is 51.3 Å². The van der Waals surface area contributed by atoms with Crippen LogP contribution in [0.25, 0.3) is 10.6 Å². The maximum Gasteiger partial charge on any atom is 0.225 e. The van der Waals surface area contributed by atoms with E-state index in [1.807, 2.05) is 0 Å². The monoisotopic (exact) mass is 375 g/mol. The third-order valence-electron chi connectivity index (χ3n) is 5.32. The van der Waals surface area contributed by atoms with Gasteiger partial charge in [-0.1, -0.05) is 25.3 Å². The quantitative estimate of drug-likeness (QED) is 0.807. The summed E-state index contributed by atoms with van der Waals surface area (Å²) < 4.78 is 0. The summed E-state index contributed by atoms with van der Waals surface area (Å²) in [6, 6.07) is 4.20. The molecule has 0 N–H and O–H groups in total. The molecule has 1 aliphatic carbocycles. The van der Waals surface area contributed by atoms with Gasteiger partial charge in [-0.15, -0.1) is 22.7 Å². The molecule has 0 radical (unpaired) electrons. The van der Waals surface area contributed by atoms with Crippen LogP contribution in [0.4, 0.5) is 0 Å². The standard InChI is InChI=1S/C19H25N3OS2/c23-19(15-5-2-1-3-6-15)22-10-8-21(9-11-22)13-18-20-16(14-25-18)17-7-4-12-24-17/h4,7,12,14-15H,1-3,5-6,8-11,13H2. The second kappa shape index (κ2) is 7.98. The third kappa shape index (κ3) is 4.13. The highest BCUT2D eigenvalue weighted by Crippen LogP contribution is 2.28. The summed E-state index contributed by atoms with van der Waals surface area (Å²) in [6.45, 7) is 4.58. The van der Waals surface area contributed by atoms with Crippen molar-refractivity contribution in [3.63, 3.8) is 0 Å². The Kier molecular flexibility index (Phi) is 5.48. The van der Waals surface area contributed by atoms with Crippen molar-refractivity contribution in [1.82, 2.24) is 14.8 Å². The molecule has 1 aliphatic heterocycles. The molecule has 0 bridgehead atoms. The molecule has 2 aromatic rings. The minimum Gasteiger partial charge on any atom is -0.340 e. The average molecular weight is 376 g/mol. The fraction of sp³-hybridized carbons (Fsp3) is 0.579. The number of aromatic nitrogens is 1. The van der Waals surface area contributed by atoms with E-state index in [1.54, 1.807) is 22.7 Å². The van der Waals surface area contributed by atoms with Gasteiger partial charge in [0.05, 0.1) is 17.1 Å². The van der Waals surface area contributed by atoms with Gasteiger partial charge in [0.25, 0.3) is 0 Å². The van der Waals surface area contributed by atoms with E-state index in [9.17, 15) is 4.79 Å². The van der Waals surface area contributed by atoms with Crippen LogP contribution >= 0.6 is 22.7 Å². The first-order valence-corrected chi connectivity index (χ1v) is 11.0. The van der Waals surface area contributed by atoms with Crippen molar-refractivity contribution in [1.29, 1.82) is 0 Å². The molecule has 4 nitrogen and oxygen atoms in total. The predicted octanol–water partition coefficient (Wildman–Crippen LogP) is 4.10. The van der Waals surface area contributed by atoms with Crippen LogP contribution in [0.15, 0.2) is 22.9 Å². The van der Waals surface area contributed by atoms with Gasteiger partial charge in [0.1, 0.15) is 5.01 Å². The summed E-state index contributed by atoms with van der Waals surface area (Å²) in [7, 11) is 0. The highest BCUT2D eigenvalue weighted by atomic mass is 32.1. The number of thiazole rings is 1. The summed E-state index contributed by atoms with van der Waals surface area (Å²) in [4.78, 5) is 23.2. The number of hydrogen-bond acceptors (Lipinski definition) is 5. The Morgan fingerprint density at radius 3 is 2.64 bits per heavy atom. The van der Waals surface area contributed by atoms with Gasteiger partial charge in [0.2, 0.25) is 5.91 Å². The minimum atomic E-state index is 0.299. The lowest BCUT2D eigenvalue weighted by atomic mass is 9.88. The number of carbonyl (C=O) groups excluding carboxylic acids is 1. The van der Waals surface area contributed by atoms with Crippen LogP contribution in [0.1, 0.15) is 37.1 Å². The molecule has 2 fully saturated rings. The fourth-order valence-electron chi connectivity index (χ4n) is 3.85. The number of amides is 1. The first-order chi connectivity index (χ1) is 12.3. The largest absolute Gasteiger partial charge is 0.340 e. The molecule has 4 rings (SSSR count). The Labute approximate surface area is 157 Å². The first-order valence-electron chi connectivity index (χ1n) is 9.29. The Balaban J connectivity index is 1.28. The van der Waals surface area contributed by atoms with Gasteiger partial charge in [-0.25, -0.2) is 4.98 Å². The van der Waals surface area contributed by atoms with E-state index in [-0.39, 0.29) is 0 Å². The van der Waals surface area contributed by atoms with Crippen LogP contribution in [-0.2, 0) is 11.3 Å². The summed E-state index contributed by atoms with van der Waals surface area (Å²) in [5.41, 5.74) is 1.10. The molecule has 0 atom stereocenters. The van der Waals surface area contributed by atoms with Crippen molar-refractivity contribution < 1.29 is 4.79 Å². The van der Waals surface area contributed by atoms with Crippen molar-refractivity contribution in [2.75, 3.05) is 26.2 Å². The second-order valence-corrected chi connectivity index (χ2v) is 8.93. The van der Waals surface area contributed by atoms with Crippen molar-refractivity contribution in [3.05, 3.63) is 27.9 Å². The van der Waals surface area contributed by atoms with Gasteiger partial charge in [0, 0.05) is 37.5 Å². The van der Waals surface area contributed by atoms with Crippen molar-refractivity contribution in [3.8, 4) is 10.6 Å². The molecule has 0 aromatic carbocycles. The highest BCUT2D eigenvalue weighted by molar-refractivity contribution is 7.14. The minimum absolute atomic E-state index is 0.299. The average Bonchev–Trinajstić information content (AvgIpc) is 3.34. The van der Waals surface area contributed by atoms with Gasteiger partial charge in [0.15, 0.2) is 0 Å². The molecule has 0 unspecified atom stereocenters. The zero-order valence-electron chi connectivity index (χ0n) is 14.5. The SMILES string of the molecule is O=C(C1CCCCC1)N1CCN(Cc2nc(-c3cccs3)cs2)CC1. The lowest BCUT2D eigenvalue weighted by Gasteiger charge is -2.36. The van der Waals surface area contributed by atoms with Crippen LogP contribution in [0.5, 0.6) is 0 Å². The molecule has 3 heterocycles. The molecule has 2 aliphatic rings. The predicted molar refractivity (Wildman–Crippen MR) is 104 cm³/mol. The van der Waals surface area contributed by atoms with E-state index in [0.29, 0.717) is 11.8 Å².